The first-order valence-corrected chi connectivity index (χ1v) is 14.2. The van der Waals surface area contributed by atoms with Crippen LogP contribution in [0, 0.1) is 17.8 Å². The van der Waals surface area contributed by atoms with E-state index < -0.39 is 5.97 Å². The van der Waals surface area contributed by atoms with Crippen molar-refractivity contribution in [1.29, 1.82) is 0 Å². The van der Waals surface area contributed by atoms with Crippen molar-refractivity contribution in [3.63, 3.8) is 0 Å². The predicted molar refractivity (Wildman–Crippen MR) is 143 cm³/mol. The third kappa shape index (κ3) is 7.11. The Morgan fingerprint density at radius 3 is 2.59 bits per heavy atom. The third-order valence-electron chi connectivity index (χ3n) is 8.10. The van der Waals surface area contributed by atoms with Gasteiger partial charge in [0.15, 0.2) is 0 Å². The molecular weight excluding hydrogens is 468 g/mol. The highest BCUT2D eigenvalue weighted by molar-refractivity contribution is 6.01. The van der Waals surface area contributed by atoms with Crippen LogP contribution in [0.25, 0.3) is 0 Å². The molecule has 1 aliphatic heterocycles. The van der Waals surface area contributed by atoms with Crippen molar-refractivity contribution < 1.29 is 19.4 Å². The number of allylic oxidation sites excluding steroid dienone is 3. The van der Waals surface area contributed by atoms with E-state index in [4.69, 9.17) is 15.6 Å². The molecular formula is C29H42N4O4. The number of nitrogen functional groups attached to an aromatic ring is 1. The number of nitrogens with zero attached hydrogens (tertiary/aromatic N) is 3. The van der Waals surface area contributed by atoms with Crippen LogP contribution >= 0.6 is 0 Å². The number of aliphatic carboxylic acids is 1. The molecule has 4 rings (SSSR count). The predicted octanol–water partition coefficient (Wildman–Crippen LogP) is 5.54. The third-order valence-corrected chi connectivity index (χ3v) is 8.10. The van der Waals surface area contributed by atoms with Gasteiger partial charge in [0.25, 0.3) is 5.91 Å². The Labute approximate surface area is 220 Å². The molecule has 1 unspecified atom stereocenters. The van der Waals surface area contributed by atoms with Gasteiger partial charge >= 0.3 is 5.97 Å². The lowest BCUT2D eigenvalue weighted by Gasteiger charge is -2.33. The van der Waals surface area contributed by atoms with Crippen molar-refractivity contribution in [3.8, 4) is 5.88 Å². The summed E-state index contributed by atoms with van der Waals surface area (Å²) in [5, 5.41) is 9.06. The molecule has 202 valence electrons. The fourth-order valence-electron chi connectivity index (χ4n) is 5.94. The number of hydrogen-bond donors (Lipinski definition) is 2. The number of fused-ring (bicyclic) bond motifs is 1. The van der Waals surface area contributed by atoms with E-state index in [2.05, 4.69) is 29.0 Å². The number of unbranched alkanes of at least 4 members (excludes halogenated alkanes) is 5. The second-order valence-corrected chi connectivity index (χ2v) is 10.8. The standard InChI is InChI=1S/C29H42N4O4/c1-2-3-4-5-6-7-8-24-31-27(30)26-28(32-24)37-18-17-33(29(26)36)23-15-13-22(14-16-23)21-11-9-20(10-12-21)19-25(34)35/h13,15-16,20-22H,2-12,14,17-19H2,1H3,(H,34,35)(H2,30,31,32)/t20-,21-,22?. The van der Waals surface area contributed by atoms with Crippen molar-refractivity contribution in [2.75, 3.05) is 18.9 Å². The normalized spacial score (nSPS) is 23.7. The quantitative estimate of drug-likeness (QED) is 0.375. The van der Waals surface area contributed by atoms with Crippen molar-refractivity contribution >= 4 is 17.7 Å². The highest BCUT2D eigenvalue weighted by Crippen LogP contribution is 2.39. The summed E-state index contributed by atoms with van der Waals surface area (Å²) in [6, 6.07) is 0. The Morgan fingerprint density at radius 2 is 1.89 bits per heavy atom. The SMILES string of the molecule is CCCCCCCCc1nc(N)c2c(n1)OCCN(C1=CCC([C@H]3CC[C@H](CC(=O)O)CC3)C=C1)C2=O. The molecule has 1 aromatic heterocycles. The highest BCUT2D eigenvalue weighted by Gasteiger charge is 2.32. The number of aromatic nitrogens is 2. The summed E-state index contributed by atoms with van der Waals surface area (Å²) in [4.78, 5) is 35.3. The zero-order valence-electron chi connectivity index (χ0n) is 22.2. The van der Waals surface area contributed by atoms with Crippen LogP contribution in [-0.4, -0.2) is 45.0 Å². The maximum absolute atomic E-state index is 13.5. The first kappa shape index (κ1) is 27.1. The lowest BCUT2D eigenvalue weighted by Crippen LogP contribution is -2.33. The summed E-state index contributed by atoms with van der Waals surface area (Å²) in [5.74, 6) is 1.54. The molecule has 2 aliphatic carbocycles. The molecule has 3 aliphatic rings. The van der Waals surface area contributed by atoms with Crippen molar-refractivity contribution in [2.45, 2.75) is 90.4 Å². The molecule has 2 heterocycles. The van der Waals surface area contributed by atoms with Crippen molar-refractivity contribution in [1.82, 2.24) is 14.9 Å². The van der Waals surface area contributed by atoms with Gasteiger partial charge in [-0.05, 0) is 62.4 Å². The fourth-order valence-corrected chi connectivity index (χ4v) is 5.94. The molecule has 8 heteroatoms. The summed E-state index contributed by atoms with van der Waals surface area (Å²) < 4.78 is 5.89. The van der Waals surface area contributed by atoms with Gasteiger partial charge < -0.3 is 20.5 Å². The molecule has 1 amide bonds. The Bertz CT molecular complexity index is 1010. The maximum Gasteiger partial charge on any atom is 0.303 e. The zero-order valence-corrected chi connectivity index (χ0v) is 22.2. The van der Waals surface area contributed by atoms with Gasteiger partial charge in [0.05, 0.1) is 6.54 Å². The van der Waals surface area contributed by atoms with E-state index in [0.717, 1.165) is 57.1 Å². The summed E-state index contributed by atoms with van der Waals surface area (Å²) in [7, 11) is 0. The van der Waals surface area contributed by atoms with E-state index in [-0.39, 0.29) is 23.7 Å². The minimum Gasteiger partial charge on any atom is -0.481 e. The molecule has 37 heavy (non-hydrogen) atoms. The monoisotopic (exact) mass is 510 g/mol. The lowest BCUT2D eigenvalue weighted by molar-refractivity contribution is -0.138. The highest BCUT2D eigenvalue weighted by atomic mass is 16.5. The largest absolute Gasteiger partial charge is 0.481 e. The van der Waals surface area contributed by atoms with Crippen LogP contribution in [0.1, 0.15) is 100 Å². The van der Waals surface area contributed by atoms with Crippen LogP contribution < -0.4 is 10.5 Å². The number of anilines is 1. The zero-order chi connectivity index (χ0) is 26.2. The van der Waals surface area contributed by atoms with Gasteiger partial charge in [0.2, 0.25) is 5.88 Å². The molecule has 0 saturated heterocycles. The second kappa shape index (κ2) is 13.1. The molecule has 1 fully saturated rings. The first-order valence-electron chi connectivity index (χ1n) is 14.2. The van der Waals surface area contributed by atoms with Crippen LogP contribution in [0.15, 0.2) is 23.9 Å². The topological polar surface area (TPSA) is 119 Å². The number of nitrogens with two attached hydrogens (primary N) is 1. The number of carbonyl (C=O) groups excluding carboxylic acids is 1. The van der Waals surface area contributed by atoms with E-state index >= 15 is 0 Å². The second-order valence-electron chi connectivity index (χ2n) is 10.8. The van der Waals surface area contributed by atoms with Gasteiger partial charge in [0, 0.05) is 18.5 Å². The Hall–Kier alpha value is -2.90. The minimum atomic E-state index is -0.693. The molecule has 0 spiro atoms. The number of hydrogen-bond acceptors (Lipinski definition) is 6. The van der Waals surface area contributed by atoms with Crippen LogP contribution in [0.2, 0.25) is 0 Å². The summed E-state index contributed by atoms with van der Waals surface area (Å²) in [5.41, 5.74) is 7.40. The van der Waals surface area contributed by atoms with E-state index in [1.165, 1.54) is 25.7 Å². The molecule has 1 atom stereocenters. The smallest absolute Gasteiger partial charge is 0.303 e. The van der Waals surface area contributed by atoms with E-state index in [1.807, 2.05) is 6.08 Å². The number of aryl methyl sites for hydroxylation is 1. The minimum absolute atomic E-state index is 0.194. The lowest BCUT2D eigenvalue weighted by atomic mass is 9.73. The van der Waals surface area contributed by atoms with Crippen LogP contribution in [0.5, 0.6) is 5.88 Å². The van der Waals surface area contributed by atoms with E-state index in [9.17, 15) is 9.59 Å². The van der Waals surface area contributed by atoms with Gasteiger partial charge in [0.1, 0.15) is 23.8 Å². The number of carboxylic acid groups (broad SMARTS) is 1. The van der Waals surface area contributed by atoms with Crippen LogP contribution in [0.3, 0.4) is 0 Å². The molecule has 1 saturated carbocycles. The van der Waals surface area contributed by atoms with Gasteiger partial charge in [-0.15, -0.1) is 0 Å². The summed E-state index contributed by atoms with van der Waals surface area (Å²) >= 11 is 0. The van der Waals surface area contributed by atoms with Crippen molar-refractivity contribution in [2.24, 2.45) is 17.8 Å². The Balaban J connectivity index is 1.35. The maximum atomic E-state index is 13.5. The average Bonchev–Trinajstić information content (AvgIpc) is 3.05. The van der Waals surface area contributed by atoms with E-state index in [1.54, 1.807) is 4.90 Å². The molecule has 0 radical (unpaired) electrons. The molecule has 3 N–H and O–H groups in total. The number of amides is 1. The number of ether oxygens (including phenoxy) is 1. The number of carbonyl (C=O) groups is 2. The van der Waals surface area contributed by atoms with Crippen LogP contribution in [-0.2, 0) is 11.2 Å². The number of rotatable bonds is 11. The van der Waals surface area contributed by atoms with Crippen molar-refractivity contribution in [3.05, 3.63) is 35.3 Å². The van der Waals surface area contributed by atoms with Gasteiger partial charge in [-0.25, -0.2) is 4.98 Å². The fraction of sp³-hybridized carbons (Fsp3) is 0.655. The Morgan fingerprint density at radius 1 is 1.14 bits per heavy atom. The van der Waals surface area contributed by atoms with Gasteiger partial charge in [-0.2, -0.15) is 4.98 Å². The van der Waals surface area contributed by atoms with Crippen LogP contribution in [0.4, 0.5) is 5.82 Å². The number of carboxylic acids is 1. The summed E-state index contributed by atoms with van der Waals surface area (Å²) in [6.45, 7) is 3.00. The molecule has 0 bridgehead atoms. The molecule has 0 aromatic carbocycles. The molecule has 1 aromatic rings. The van der Waals surface area contributed by atoms with Gasteiger partial charge in [-0.3, -0.25) is 9.59 Å². The van der Waals surface area contributed by atoms with E-state index in [0.29, 0.717) is 42.6 Å². The average molecular weight is 511 g/mol. The summed E-state index contributed by atoms with van der Waals surface area (Å²) in [6.07, 6.45) is 19.5. The Kier molecular flexibility index (Phi) is 9.58. The first-order chi connectivity index (χ1) is 18.0. The molecule has 8 nitrogen and oxygen atoms in total. The van der Waals surface area contributed by atoms with Gasteiger partial charge in [-0.1, -0.05) is 51.2 Å².